The second kappa shape index (κ2) is 41.2. The summed E-state index contributed by atoms with van der Waals surface area (Å²) in [7, 11) is 0. The number of aliphatic hydroxyl groups is 5. The summed E-state index contributed by atoms with van der Waals surface area (Å²) in [5.41, 5.74) is 0. The maximum atomic E-state index is 13.0. The molecule has 1 aliphatic heterocycles. The highest BCUT2D eigenvalue weighted by molar-refractivity contribution is 5.76. The van der Waals surface area contributed by atoms with Crippen molar-refractivity contribution < 1.29 is 39.8 Å². The van der Waals surface area contributed by atoms with E-state index in [4.69, 9.17) is 9.47 Å². The van der Waals surface area contributed by atoms with Gasteiger partial charge in [-0.15, -0.1) is 0 Å². The predicted molar refractivity (Wildman–Crippen MR) is 249 cm³/mol. The van der Waals surface area contributed by atoms with Crippen LogP contribution in [0.3, 0.4) is 0 Å². The minimum absolute atomic E-state index is 0.194. The molecule has 350 valence electrons. The molecular formula is C51H93NO8. The maximum absolute atomic E-state index is 13.0. The Morgan fingerprint density at radius 2 is 1.03 bits per heavy atom. The molecule has 1 heterocycles. The van der Waals surface area contributed by atoms with E-state index in [9.17, 15) is 30.3 Å². The average Bonchev–Trinajstić information content (AvgIpc) is 3.25. The fraction of sp³-hybridized carbons (Fsp3) is 0.824. The van der Waals surface area contributed by atoms with Gasteiger partial charge in [0.05, 0.1) is 25.4 Å². The number of amides is 1. The molecule has 9 nitrogen and oxygen atoms in total. The smallest absolute Gasteiger partial charge is 0.220 e. The third-order valence-electron chi connectivity index (χ3n) is 11.7. The van der Waals surface area contributed by atoms with E-state index >= 15 is 0 Å². The summed E-state index contributed by atoms with van der Waals surface area (Å²) in [6.07, 6.45) is 45.9. The molecule has 1 fully saturated rings. The number of aliphatic hydroxyl groups excluding tert-OH is 5. The Morgan fingerprint density at radius 3 is 1.53 bits per heavy atom. The highest BCUT2D eigenvalue weighted by Gasteiger charge is 2.44. The van der Waals surface area contributed by atoms with Gasteiger partial charge in [0.15, 0.2) is 6.29 Å². The van der Waals surface area contributed by atoms with E-state index < -0.39 is 49.5 Å². The first kappa shape index (κ1) is 56.2. The van der Waals surface area contributed by atoms with Crippen molar-refractivity contribution in [3.05, 3.63) is 48.6 Å². The SMILES string of the molecule is CC/C=C\C/C=C\C/C=C\CCCCCCCC(=O)NC(COC1OC(CO)C(O)C(O)C1O)C(O)/C=C/CCCCCCCCCCCCCCCCCCCCCC. The van der Waals surface area contributed by atoms with Gasteiger partial charge in [-0.3, -0.25) is 4.79 Å². The molecule has 6 N–H and O–H groups in total. The van der Waals surface area contributed by atoms with Crippen molar-refractivity contribution >= 4 is 5.91 Å². The number of hydrogen-bond donors (Lipinski definition) is 6. The predicted octanol–water partition coefficient (Wildman–Crippen LogP) is 11.0. The lowest BCUT2D eigenvalue weighted by Crippen LogP contribution is -2.60. The highest BCUT2D eigenvalue weighted by Crippen LogP contribution is 2.23. The van der Waals surface area contributed by atoms with Gasteiger partial charge in [0.2, 0.25) is 5.91 Å². The Labute approximate surface area is 367 Å². The molecule has 1 amide bonds. The van der Waals surface area contributed by atoms with Crippen LogP contribution in [0.25, 0.3) is 0 Å². The summed E-state index contributed by atoms with van der Waals surface area (Å²) in [6.45, 7) is 3.66. The normalized spacial score (nSPS) is 20.9. The minimum atomic E-state index is -1.57. The maximum Gasteiger partial charge on any atom is 0.220 e. The van der Waals surface area contributed by atoms with Gasteiger partial charge in [-0.25, -0.2) is 0 Å². The van der Waals surface area contributed by atoms with Crippen LogP contribution in [0, 0.1) is 0 Å². The molecule has 1 saturated heterocycles. The van der Waals surface area contributed by atoms with Crippen LogP contribution < -0.4 is 5.32 Å². The first-order valence-electron chi connectivity index (χ1n) is 24.9. The lowest BCUT2D eigenvalue weighted by molar-refractivity contribution is -0.302. The van der Waals surface area contributed by atoms with Crippen molar-refractivity contribution in [2.75, 3.05) is 13.2 Å². The van der Waals surface area contributed by atoms with E-state index in [0.717, 1.165) is 77.0 Å². The number of carbonyl (C=O) groups is 1. The Bertz CT molecular complexity index is 1080. The van der Waals surface area contributed by atoms with Crippen LogP contribution in [-0.4, -0.2) is 87.5 Å². The van der Waals surface area contributed by atoms with Gasteiger partial charge in [-0.05, 0) is 51.4 Å². The van der Waals surface area contributed by atoms with Gasteiger partial charge in [0.1, 0.15) is 24.4 Å². The van der Waals surface area contributed by atoms with E-state index in [2.05, 4.69) is 55.6 Å². The molecule has 60 heavy (non-hydrogen) atoms. The van der Waals surface area contributed by atoms with Crippen molar-refractivity contribution in [3.8, 4) is 0 Å². The molecule has 0 aromatic heterocycles. The summed E-state index contributed by atoms with van der Waals surface area (Å²) in [6, 6.07) is -0.814. The fourth-order valence-corrected chi connectivity index (χ4v) is 7.70. The number of rotatable bonds is 41. The van der Waals surface area contributed by atoms with Crippen molar-refractivity contribution in [2.45, 2.75) is 256 Å². The first-order valence-corrected chi connectivity index (χ1v) is 24.9. The molecule has 0 bridgehead atoms. The Hall–Kier alpha value is -1.85. The molecule has 0 aliphatic carbocycles. The Kier molecular flexibility index (Phi) is 38.5. The zero-order valence-corrected chi connectivity index (χ0v) is 38.5. The highest BCUT2D eigenvalue weighted by atomic mass is 16.7. The van der Waals surface area contributed by atoms with Crippen LogP contribution in [0.5, 0.6) is 0 Å². The van der Waals surface area contributed by atoms with Crippen LogP contribution in [0.15, 0.2) is 48.6 Å². The second-order valence-corrected chi connectivity index (χ2v) is 17.2. The lowest BCUT2D eigenvalue weighted by atomic mass is 9.99. The first-order chi connectivity index (χ1) is 29.3. The van der Waals surface area contributed by atoms with E-state index in [-0.39, 0.29) is 12.5 Å². The van der Waals surface area contributed by atoms with Crippen LogP contribution >= 0.6 is 0 Å². The summed E-state index contributed by atoms with van der Waals surface area (Å²) >= 11 is 0. The van der Waals surface area contributed by atoms with E-state index in [1.807, 2.05) is 6.08 Å². The van der Waals surface area contributed by atoms with E-state index in [0.29, 0.717) is 6.42 Å². The van der Waals surface area contributed by atoms with Crippen LogP contribution in [0.4, 0.5) is 0 Å². The van der Waals surface area contributed by atoms with Crippen molar-refractivity contribution in [1.82, 2.24) is 5.32 Å². The fourth-order valence-electron chi connectivity index (χ4n) is 7.70. The van der Waals surface area contributed by atoms with Crippen molar-refractivity contribution in [3.63, 3.8) is 0 Å². The van der Waals surface area contributed by atoms with Gasteiger partial charge in [0.25, 0.3) is 0 Å². The number of nitrogens with one attached hydrogen (secondary N) is 1. The monoisotopic (exact) mass is 848 g/mol. The molecule has 9 heteroatoms. The van der Waals surface area contributed by atoms with Gasteiger partial charge in [-0.2, -0.15) is 0 Å². The molecule has 0 radical (unpaired) electrons. The summed E-state index contributed by atoms with van der Waals surface area (Å²) < 4.78 is 11.2. The second-order valence-electron chi connectivity index (χ2n) is 17.2. The molecular weight excluding hydrogens is 755 g/mol. The number of allylic oxidation sites excluding steroid dienone is 7. The van der Waals surface area contributed by atoms with Gasteiger partial charge >= 0.3 is 0 Å². The molecule has 0 aromatic carbocycles. The van der Waals surface area contributed by atoms with Crippen LogP contribution in [0.1, 0.15) is 213 Å². The topological polar surface area (TPSA) is 149 Å². The largest absolute Gasteiger partial charge is 0.394 e. The molecule has 1 rings (SSSR count). The molecule has 1 aliphatic rings. The summed E-state index contributed by atoms with van der Waals surface area (Å²) in [5.74, 6) is -0.194. The molecule has 7 atom stereocenters. The third kappa shape index (κ3) is 31.1. The number of carbonyl (C=O) groups excluding carboxylic acids is 1. The lowest BCUT2D eigenvalue weighted by Gasteiger charge is -2.40. The quantitative estimate of drug-likeness (QED) is 0.0263. The van der Waals surface area contributed by atoms with Crippen LogP contribution in [-0.2, 0) is 14.3 Å². The Balaban J connectivity index is 2.31. The number of ether oxygens (including phenoxy) is 2. The van der Waals surface area contributed by atoms with Gasteiger partial charge in [-0.1, -0.05) is 204 Å². The average molecular weight is 848 g/mol. The van der Waals surface area contributed by atoms with Gasteiger partial charge in [0, 0.05) is 6.42 Å². The molecule has 0 aromatic rings. The van der Waals surface area contributed by atoms with Gasteiger partial charge < -0.3 is 40.3 Å². The van der Waals surface area contributed by atoms with Crippen molar-refractivity contribution in [1.29, 1.82) is 0 Å². The zero-order valence-electron chi connectivity index (χ0n) is 38.5. The van der Waals surface area contributed by atoms with Crippen molar-refractivity contribution in [2.24, 2.45) is 0 Å². The number of hydrogen-bond acceptors (Lipinski definition) is 8. The Morgan fingerprint density at radius 1 is 0.583 bits per heavy atom. The van der Waals surface area contributed by atoms with E-state index in [1.54, 1.807) is 6.08 Å². The molecule has 0 saturated carbocycles. The molecule has 0 spiro atoms. The summed E-state index contributed by atoms with van der Waals surface area (Å²) in [5, 5.41) is 54.3. The standard InChI is InChI=1S/C51H93NO8/c1-3-5-7-9-11-13-15-17-19-20-21-22-23-24-25-27-28-30-32-34-36-38-40-45(54)44(43-59-51-50(58)49(57)48(56)46(42-53)60-51)52-47(55)41-39-37-35-33-31-29-26-18-16-14-12-10-8-6-4-2/h6,8,12,14,18,26,38,40,44-46,48-51,53-54,56-58H,3-5,7,9-11,13,15-17,19-25,27-37,39,41-43H2,1-2H3,(H,52,55)/b8-6-,14-12-,26-18-,40-38+. The minimum Gasteiger partial charge on any atom is -0.394 e. The molecule has 7 unspecified atom stereocenters. The zero-order chi connectivity index (χ0) is 43.7. The third-order valence-corrected chi connectivity index (χ3v) is 11.7. The number of unbranched alkanes of at least 4 members (excludes halogenated alkanes) is 25. The van der Waals surface area contributed by atoms with Crippen LogP contribution in [0.2, 0.25) is 0 Å². The summed E-state index contributed by atoms with van der Waals surface area (Å²) in [4.78, 5) is 13.0. The van der Waals surface area contributed by atoms with E-state index in [1.165, 1.54) is 116 Å².